The molecular formula is C56H37N5. The number of fused-ring (bicyclic) bond motifs is 6. The highest BCUT2D eigenvalue weighted by molar-refractivity contribution is 6.10. The highest BCUT2D eigenvalue weighted by Gasteiger charge is 2.30. The van der Waals surface area contributed by atoms with Crippen LogP contribution < -0.4 is 9.80 Å². The molecule has 0 bridgehead atoms. The summed E-state index contributed by atoms with van der Waals surface area (Å²) in [6.45, 7) is 0. The van der Waals surface area contributed by atoms with Gasteiger partial charge in [0.15, 0.2) is 5.82 Å². The van der Waals surface area contributed by atoms with E-state index in [2.05, 4.69) is 221 Å². The zero-order chi connectivity index (χ0) is 40.3. The zero-order valence-corrected chi connectivity index (χ0v) is 33.1. The van der Waals surface area contributed by atoms with Crippen LogP contribution in [0.3, 0.4) is 0 Å². The van der Waals surface area contributed by atoms with Crippen molar-refractivity contribution >= 4 is 66.8 Å². The number of benzene rings is 9. The lowest BCUT2D eigenvalue weighted by atomic mass is 10.0. The summed E-state index contributed by atoms with van der Waals surface area (Å²) in [4.78, 5) is 14.9. The van der Waals surface area contributed by atoms with Gasteiger partial charge in [-0.05, 0) is 108 Å². The molecule has 1 aliphatic rings. The Labute approximate surface area is 353 Å². The van der Waals surface area contributed by atoms with E-state index in [9.17, 15) is 0 Å². The van der Waals surface area contributed by atoms with E-state index in [-0.39, 0.29) is 0 Å². The van der Waals surface area contributed by atoms with Crippen LogP contribution in [-0.4, -0.2) is 14.5 Å². The average Bonchev–Trinajstić information content (AvgIpc) is 3.67. The second kappa shape index (κ2) is 14.2. The quantitative estimate of drug-likeness (QED) is 0.168. The van der Waals surface area contributed by atoms with E-state index in [1.807, 2.05) is 18.2 Å². The van der Waals surface area contributed by atoms with Gasteiger partial charge in [-0.3, -0.25) is 0 Å². The summed E-state index contributed by atoms with van der Waals surface area (Å²) in [5.41, 5.74) is 16.5. The molecule has 0 N–H and O–H groups in total. The molecule has 12 rings (SSSR count). The third kappa shape index (κ3) is 5.78. The predicted molar refractivity (Wildman–Crippen MR) is 253 cm³/mol. The highest BCUT2D eigenvalue weighted by Crippen LogP contribution is 2.54. The maximum absolute atomic E-state index is 5.12. The van der Waals surface area contributed by atoms with E-state index < -0.39 is 0 Å². The van der Waals surface area contributed by atoms with Gasteiger partial charge in [0.05, 0.1) is 45.0 Å². The fourth-order valence-corrected chi connectivity index (χ4v) is 9.09. The molecule has 5 heteroatoms. The summed E-state index contributed by atoms with van der Waals surface area (Å²) in [6, 6.07) is 79.8. The van der Waals surface area contributed by atoms with E-state index in [1.165, 1.54) is 21.9 Å². The standard InChI is InChI=1S/C56H37N5/c1-3-15-39(16-4-1)55-46-20-7-9-21-48(46)57-56(58-55)40-29-34-43(35-30-40)59-49-22-10-8-19-45(49)47-37-41(31-36-50(47)59)38-27-32-44(33-28-38)61-53-25-13-11-23-51(53)60(42-17-5-2-6-18-42)52-24-12-14-26-54(52)61/h1-37H. The van der Waals surface area contributed by atoms with Gasteiger partial charge in [0, 0.05) is 44.3 Å². The maximum atomic E-state index is 5.12. The minimum atomic E-state index is 0.713. The summed E-state index contributed by atoms with van der Waals surface area (Å²) in [6.07, 6.45) is 0. The van der Waals surface area contributed by atoms with Crippen molar-refractivity contribution in [1.29, 1.82) is 0 Å². The Hall–Kier alpha value is -8.28. The van der Waals surface area contributed by atoms with Gasteiger partial charge in [0.25, 0.3) is 0 Å². The van der Waals surface area contributed by atoms with Gasteiger partial charge in [0.1, 0.15) is 0 Å². The first kappa shape index (κ1) is 34.7. The molecule has 3 heterocycles. The van der Waals surface area contributed by atoms with Crippen LogP contribution in [0, 0.1) is 0 Å². The third-order valence-corrected chi connectivity index (χ3v) is 11.9. The summed E-state index contributed by atoms with van der Waals surface area (Å²) in [5.74, 6) is 0.713. The minimum Gasteiger partial charge on any atom is -0.309 e. The molecule has 0 radical (unpaired) electrons. The van der Waals surface area contributed by atoms with E-state index in [4.69, 9.17) is 9.97 Å². The monoisotopic (exact) mass is 779 g/mol. The Morgan fingerprint density at radius 2 is 0.787 bits per heavy atom. The lowest BCUT2D eigenvalue weighted by Crippen LogP contribution is -2.23. The molecule has 61 heavy (non-hydrogen) atoms. The average molecular weight is 780 g/mol. The van der Waals surface area contributed by atoms with Crippen molar-refractivity contribution in [3.8, 4) is 39.5 Å². The van der Waals surface area contributed by atoms with Crippen LogP contribution in [0.2, 0.25) is 0 Å². The predicted octanol–water partition coefficient (Wildman–Crippen LogP) is 15.0. The summed E-state index contributed by atoms with van der Waals surface area (Å²) >= 11 is 0. The highest BCUT2D eigenvalue weighted by atomic mass is 15.3. The van der Waals surface area contributed by atoms with Gasteiger partial charge < -0.3 is 14.4 Å². The number of aromatic nitrogens is 3. The molecule has 0 amide bonds. The second-order valence-electron chi connectivity index (χ2n) is 15.4. The van der Waals surface area contributed by atoms with Crippen molar-refractivity contribution in [2.24, 2.45) is 0 Å². The second-order valence-corrected chi connectivity index (χ2v) is 15.4. The Morgan fingerprint density at radius 1 is 0.295 bits per heavy atom. The van der Waals surface area contributed by atoms with Crippen molar-refractivity contribution in [3.63, 3.8) is 0 Å². The molecule has 0 unspecified atom stereocenters. The van der Waals surface area contributed by atoms with Crippen molar-refractivity contribution in [2.45, 2.75) is 0 Å². The molecule has 1 aliphatic heterocycles. The van der Waals surface area contributed by atoms with Crippen molar-refractivity contribution in [3.05, 3.63) is 224 Å². The molecule has 0 atom stereocenters. The zero-order valence-electron chi connectivity index (χ0n) is 33.1. The Morgan fingerprint density at radius 3 is 1.46 bits per heavy atom. The van der Waals surface area contributed by atoms with Gasteiger partial charge in [-0.1, -0.05) is 127 Å². The number of anilines is 6. The number of para-hydroxylation sites is 7. The first-order chi connectivity index (χ1) is 30.3. The van der Waals surface area contributed by atoms with Crippen molar-refractivity contribution in [1.82, 2.24) is 14.5 Å². The van der Waals surface area contributed by atoms with Crippen molar-refractivity contribution < 1.29 is 0 Å². The van der Waals surface area contributed by atoms with E-state index in [1.54, 1.807) is 0 Å². The van der Waals surface area contributed by atoms with Crippen LogP contribution in [0.4, 0.5) is 34.1 Å². The van der Waals surface area contributed by atoms with Gasteiger partial charge in [-0.15, -0.1) is 0 Å². The normalized spacial score (nSPS) is 12.2. The Kier molecular flexibility index (Phi) is 8.10. The molecule has 0 spiro atoms. The first-order valence-electron chi connectivity index (χ1n) is 20.7. The van der Waals surface area contributed by atoms with E-state index in [0.717, 1.165) is 78.6 Å². The molecule has 9 aromatic carbocycles. The SMILES string of the molecule is c1ccc(-c2nc(-c3ccc(-n4c5ccccc5c5cc(-c6ccc(N7c8ccccc8N(c8ccccc8)c8ccccc87)cc6)ccc54)cc3)nc3ccccc23)cc1. The molecule has 0 aliphatic carbocycles. The minimum absolute atomic E-state index is 0.713. The molecule has 0 fully saturated rings. The fourth-order valence-electron chi connectivity index (χ4n) is 9.09. The van der Waals surface area contributed by atoms with Crippen LogP contribution in [-0.2, 0) is 0 Å². The number of nitrogens with zero attached hydrogens (tertiary/aromatic N) is 5. The van der Waals surface area contributed by atoms with Crippen molar-refractivity contribution in [2.75, 3.05) is 9.80 Å². The van der Waals surface area contributed by atoms with E-state index >= 15 is 0 Å². The number of rotatable bonds is 6. The molecule has 286 valence electrons. The Bertz CT molecular complexity index is 3360. The molecule has 5 nitrogen and oxygen atoms in total. The summed E-state index contributed by atoms with van der Waals surface area (Å²) in [5, 5.41) is 3.48. The topological polar surface area (TPSA) is 37.2 Å². The van der Waals surface area contributed by atoms with Gasteiger partial charge in [-0.25, -0.2) is 9.97 Å². The van der Waals surface area contributed by atoms with Gasteiger partial charge in [-0.2, -0.15) is 0 Å². The van der Waals surface area contributed by atoms with Gasteiger partial charge >= 0.3 is 0 Å². The van der Waals surface area contributed by atoms with Crippen LogP contribution in [0.25, 0.3) is 72.2 Å². The van der Waals surface area contributed by atoms with Crippen LogP contribution >= 0.6 is 0 Å². The maximum Gasteiger partial charge on any atom is 0.160 e. The number of hydrogen-bond acceptors (Lipinski definition) is 4. The van der Waals surface area contributed by atoms with Crippen LogP contribution in [0.1, 0.15) is 0 Å². The lowest BCUT2D eigenvalue weighted by Gasteiger charge is -2.40. The molecule has 2 aromatic heterocycles. The summed E-state index contributed by atoms with van der Waals surface area (Å²) in [7, 11) is 0. The molecule has 0 saturated carbocycles. The summed E-state index contributed by atoms with van der Waals surface area (Å²) < 4.78 is 2.36. The van der Waals surface area contributed by atoms with Crippen LogP contribution in [0.5, 0.6) is 0 Å². The first-order valence-corrected chi connectivity index (χ1v) is 20.7. The fraction of sp³-hybridized carbons (Fsp3) is 0. The largest absolute Gasteiger partial charge is 0.309 e. The smallest absolute Gasteiger partial charge is 0.160 e. The third-order valence-electron chi connectivity index (χ3n) is 11.9. The Balaban J connectivity index is 0.901. The molecule has 11 aromatic rings. The van der Waals surface area contributed by atoms with Crippen LogP contribution in [0.15, 0.2) is 224 Å². The molecular weight excluding hydrogens is 743 g/mol. The molecule has 0 saturated heterocycles. The van der Waals surface area contributed by atoms with Gasteiger partial charge in [0.2, 0.25) is 0 Å². The van der Waals surface area contributed by atoms with E-state index in [0.29, 0.717) is 5.82 Å². The number of hydrogen-bond donors (Lipinski definition) is 0. The lowest BCUT2D eigenvalue weighted by molar-refractivity contribution is 1.17.